The van der Waals surface area contributed by atoms with E-state index in [9.17, 15) is 17.8 Å². The van der Waals surface area contributed by atoms with E-state index >= 15 is 0 Å². The second-order valence-electron chi connectivity index (χ2n) is 12.4. The van der Waals surface area contributed by atoms with E-state index in [1.165, 1.54) is 0 Å². The lowest BCUT2D eigenvalue weighted by molar-refractivity contribution is 1.16. The Kier molecular flexibility index (Phi) is 2.84. The first-order valence-electron chi connectivity index (χ1n) is 33.8. The molecule has 3 heteroatoms. The minimum Gasteiger partial charge on any atom is -0.309 e. The summed E-state index contributed by atoms with van der Waals surface area (Å²) >= 11 is 0. The third-order valence-electron chi connectivity index (χ3n) is 9.33. The van der Waals surface area contributed by atoms with Crippen LogP contribution in [0.1, 0.15) is 46.6 Å². The van der Waals surface area contributed by atoms with E-state index in [-0.39, 0.29) is 0 Å². The molecule has 0 spiro atoms. The number of benzene rings is 9. The first-order valence-corrected chi connectivity index (χ1v) is 16.8. The number of rotatable bonds is 5. The second-order valence-corrected chi connectivity index (χ2v) is 12.4. The lowest BCUT2D eigenvalue weighted by Crippen LogP contribution is -1.96. The molecule has 0 radical (unpaired) electrons. The lowest BCUT2D eigenvalue weighted by atomic mass is 10.0. The largest absolute Gasteiger partial charge is 0.309 e. The summed E-state index contributed by atoms with van der Waals surface area (Å²) in [5.74, 6) is 0. The summed E-state index contributed by atoms with van der Waals surface area (Å²) in [6, 6.07) is -30.9. The lowest BCUT2D eigenvalue weighted by Gasteiger charge is -2.12. The molecule has 0 unspecified atom stereocenters. The zero-order chi connectivity index (χ0) is 67.0. The average Bonchev–Trinajstić information content (AvgIpc) is 1.55. The van der Waals surface area contributed by atoms with Crippen LogP contribution in [0.3, 0.4) is 0 Å². The third kappa shape index (κ3) is 4.86. The van der Waals surface area contributed by atoms with Crippen molar-refractivity contribution in [1.29, 1.82) is 0 Å². The smallest absolute Gasteiger partial charge is 0.0652 e. The van der Waals surface area contributed by atoms with E-state index in [4.69, 9.17) is 28.8 Å². The Balaban J connectivity index is 1.21. The highest BCUT2D eigenvalue weighted by Crippen LogP contribution is 2.39. The van der Waals surface area contributed by atoms with Crippen LogP contribution in [0.15, 0.2) is 212 Å². The molecule has 12 rings (SSSR count). The van der Waals surface area contributed by atoms with Crippen molar-refractivity contribution < 1.29 is 46.6 Å². The van der Waals surface area contributed by atoms with Gasteiger partial charge in [-0.3, -0.25) is 0 Å². The molecule has 0 saturated carbocycles. The summed E-state index contributed by atoms with van der Waals surface area (Å²) in [5.41, 5.74) is -9.30. The Labute approximate surface area is 377 Å². The maximum Gasteiger partial charge on any atom is 0.0652 e. The molecule has 0 aliphatic carbocycles. The molecule has 0 bridgehead atoms. The van der Waals surface area contributed by atoms with Gasteiger partial charge in [0.1, 0.15) is 0 Å². The SMILES string of the molecule is [2H]c1c([2H])c([2H])c(-c2c([2H])c([2H])c(-c3c([2H])c([2H])c(-n4c5c([2H])c([2H])c([2H])c([2H])c5c5c([2H])c(-n6c7c([2H])c([2H])c(-n8c9c([2H])c([2H])c([2H])c([2H])c9c9c([2H])c([2H])c([2H])c([2H])c98)cc7c7c([2H])c([2H])c([2H])c([2H])c76)c([2H])c([2H])c54)c([2H])c3[2H])c([2H])c2[2H])c([2H])c1[2H]. The number of para-hydroxylation sites is 4. The molecule has 0 N–H and O–H groups in total. The van der Waals surface area contributed by atoms with Crippen LogP contribution in [-0.2, 0) is 0 Å². The summed E-state index contributed by atoms with van der Waals surface area (Å²) in [7, 11) is 0. The fourth-order valence-corrected chi connectivity index (χ4v) is 6.91. The van der Waals surface area contributed by atoms with Crippen LogP contribution in [0.2, 0.25) is 0 Å². The molecule has 266 valence electrons. The van der Waals surface area contributed by atoms with Gasteiger partial charge in [0.05, 0.1) is 79.7 Å². The molecule has 9 aromatic carbocycles. The summed E-state index contributed by atoms with van der Waals surface area (Å²) in [5, 5.41) is -3.10. The maximum absolute atomic E-state index is 10.1. The Morgan fingerprint density at radius 3 is 1.12 bits per heavy atom. The van der Waals surface area contributed by atoms with Gasteiger partial charge in [0.2, 0.25) is 0 Å². The zero-order valence-corrected chi connectivity index (χ0v) is 28.4. The van der Waals surface area contributed by atoms with Gasteiger partial charge in [-0.1, -0.05) is 139 Å². The monoisotopic (exact) mass is 759 g/mol. The van der Waals surface area contributed by atoms with Crippen molar-refractivity contribution >= 4 is 65.4 Å². The van der Waals surface area contributed by atoms with Crippen LogP contribution in [0.4, 0.5) is 0 Å². The van der Waals surface area contributed by atoms with Gasteiger partial charge in [-0.25, -0.2) is 0 Å². The molecule has 0 aliphatic heterocycles. The number of nitrogens with zero attached hydrogens (tertiary/aromatic N) is 3. The molecule has 12 aromatic rings. The molecule has 0 aliphatic rings. The normalized spacial score (nSPS) is 20.2. The first kappa shape index (κ1) is 13.0. The second kappa shape index (κ2) is 12.5. The van der Waals surface area contributed by atoms with E-state index in [2.05, 4.69) is 0 Å². The summed E-state index contributed by atoms with van der Waals surface area (Å²) in [6.07, 6.45) is 0. The van der Waals surface area contributed by atoms with E-state index in [1.54, 1.807) is 0 Å². The number of hydrogen-bond donors (Lipinski definition) is 0. The molecule has 0 fully saturated rings. The van der Waals surface area contributed by atoms with Crippen molar-refractivity contribution in [2.24, 2.45) is 0 Å². The van der Waals surface area contributed by atoms with Crippen LogP contribution < -0.4 is 0 Å². The van der Waals surface area contributed by atoms with Crippen LogP contribution in [0.5, 0.6) is 0 Å². The Morgan fingerprint density at radius 2 is 0.579 bits per heavy atom. The van der Waals surface area contributed by atoms with E-state index in [1.807, 2.05) is 0 Å². The maximum atomic E-state index is 10.1. The van der Waals surface area contributed by atoms with Crippen molar-refractivity contribution in [3.63, 3.8) is 0 Å². The van der Waals surface area contributed by atoms with Gasteiger partial charge < -0.3 is 13.7 Å². The summed E-state index contributed by atoms with van der Waals surface area (Å²) in [6.45, 7) is 0. The van der Waals surface area contributed by atoms with Gasteiger partial charge in [-0.2, -0.15) is 0 Å². The van der Waals surface area contributed by atoms with Crippen molar-refractivity contribution in [2.75, 3.05) is 0 Å². The molecule has 0 amide bonds. The van der Waals surface area contributed by atoms with Crippen LogP contribution in [0.25, 0.3) is 105 Å². The van der Waals surface area contributed by atoms with Gasteiger partial charge in [0, 0.05) is 49.4 Å². The highest BCUT2D eigenvalue weighted by molar-refractivity contribution is 6.14. The van der Waals surface area contributed by atoms with E-state index in [0.29, 0.717) is 4.57 Å². The highest BCUT2D eigenvalue weighted by Gasteiger charge is 2.18. The first-order chi connectivity index (χ1) is 42.4. The number of fused-ring (bicyclic) bond motifs is 9. The van der Waals surface area contributed by atoms with Crippen molar-refractivity contribution in [2.45, 2.75) is 0 Å². The Morgan fingerprint density at radius 1 is 0.246 bits per heavy atom. The fourth-order valence-electron chi connectivity index (χ4n) is 6.91. The average molecular weight is 760 g/mol. The number of hydrogen-bond acceptors (Lipinski definition) is 0. The predicted octanol–water partition coefficient (Wildman–Crippen LogP) is 14.3. The van der Waals surface area contributed by atoms with Crippen LogP contribution >= 0.6 is 0 Å². The molecule has 3 aromatic heterocycles. The van der Waals surface area contributed by atoms with E-state index < -0.39 is 310 Å². The van der Waals surface area contributed by atoms with Crippen molar-refractivity contribution in [3.05, 3.63) is 212 Å². The summed E-state index contributed by atoms with van der Waals surface area (Å²) < 4.78 is 310. The van der Waals surface area contributed by atoms with Crippen LogP contribution in [0, 0.1) is 0 Å². The van der Waals surface area contributed by atoms with Gasteiger partial charge >= 0.3 is 0 Å². The molecule has 3 heterocycles. The summed E-state index contributed by atoms with van der Waals surface area (Å²) in [4.78, 5) is 0. The van der Waals surface area contributed by atoms with Gasteiger partial charge in [-0.15, -0.1) is 0 Å². The van der Waals surface area contributed by atoms with Crippen molar-refractivity contribution in [3.8, 4) is 39.3 Å². The fraction of sp³-hybridized carbons (Fsp3) is 0. The van der Waals surface area contributed by atoms with Crippen molar-refractivity contribution in [1.82, 2.24) is 13.7 Å². The molecule has 0 saturated heterocycles. The molecule has 0 atom stereocenters. The zero-order valence-electron chi connectivity index (χ0n) is 62.4. The van der Waals surface area contributed by atoms with Gasteiger partial charge in [-0.05, 0) is 94.8 Å². The Hall–Kier alpha value is -7.62. The van der Waals surface area contributed by atoms with Gasteiger partial charge in [0.25, 0.3) is 0 Å². The topological polar surface area (TPSA) is 14.8 Å². The Bertz CT molecular complexity index is 5360. The van der Waals surface area contributed by atoms with Gasteiger partial charge in [0.15, 0.2) is 0 Å². The molecular formula is C54H35N3. The highest BCUT2D eigenvalue weighted by atomic mass is 15.0. The standard InChI is InChI=1S/C54H35N3/c1-2-12-36(13-3-1)37-22-24-38(25-23-37)39-26-28-40(29-27-39)55-51-20-10-6-16-45(51)47-35-42(30-32-53(47)55)57-52-21-11-7-17-46(52)48-34-41(31-33-54(48)57)56-49-18-8-4-14-43(49)44-15-5-9-19-50(44)56/h1-35H/i1D,2D,3D,4D,5D,6D,7D,8D,9D,10D,11D,12D,13D,14D,15D,16D,17D,18D,19D,20D,21D,22D,23D,24D,25D,26D,27D,28D,29D,30D,31D,32D,33D,35D. The molecular weight excluding hydrogens is 691 g/mol. The molecule has 57 heavy (non-hydrogen) atoms. The van der Waals surface area contributed by atoms with Crippen LogP contribution in [-0.4, -0.2) is 13.7 Å². The number of aromatic nitrogens is 3. The molecule has 3 nitrogen and oxygen atoms in total. The third-order valence-corrected chi connectivity index (χ3v) is 9.33. The predicted molar refractivity (Wildman–Crippen MR) is 240 cm³/mol. The minimum atomic E-state index is -1.14. The van der Waals surface area contributed by atoms with E-state index in [0.717, 1.165) is 15.2 Å². The quantitative estimate of drug-likeness (QED) is 0.166. The minimum absolute atomic E-state index is 0.404.